The van der Waals surface area contributed by atoms with Gasteiger partial charge in [-0.1, -0.05) is 30.3 Å². The molecule has 0 bridgehead atoms. The van der Waals surface area contributed by atoms with Gasteiger partial charge in [-0.25, -0.2) is 10.0 Å². The Bertz CT molecular complexity index is 367. The zero-order chi connectivity index (χ0) is 11.5. The molecule has 0 spiro atoms. The third-order valence-corrected chi connectivity index (χ3v) is 2.76. The van der Waals surface area contributed by atoms with Crippen LogP contribution in [0.1, 0.15) is 18.9 Å². The summed E-state index contributed by atoms with van der Waals surface area (Å²) in [6.45, 7) is 2.86. The van der Waals surface area contributed by atoms with Crippen molar-refractivity contribution in [3.05, 3.63) is 35.9 Å². The normalized spacial score (nSPS) is 21.4. The Hall–Kier alpha value is -1.39. The van der Waals surface area contributed by atoms with E-state index in [2.05, 4.69) is 0 Å². The van der Waals surface area contributed by atoms with E-state index in [0.29, 0.717) is 13.0 Å². The summed E-state index contributed by atoms with van der Waals surface area (Å²) in [7, 11) is 0. The molecule has 1 aliphatic heterocycles. The van der Waals surface area contributed by atoms with Gasteiger partial charge in [-0.05, 0) is 5.56 Å². The largest absolute Gasteiger partial charge is 0.372 e. The van der Waals surface area contributed by atoms with Crippen LogP contribution in [0, 0.1) is 0 Å². The molecular formula is C12H16N2O2. The summed E-state index contributed by atoms with van der Waals surface area (Å²) in [6, 6.07) is 9.94. The van der Waals surface area contributed by atoms with Crippen molar-refractivity contribution in [2.24, 2.45) is 0 Å². The molecule has 4 heteroatoms. The summed E-state index contributed by atoms with van der Waals surface area (Å²) < 4.78 is 0. The van der Waals surface area contributed by atoms with Gasteiger partial charge < -0.3 is 5.11 Å². The average Bonchev–Trinajstić information content (AvgIpc) is 2.61. The summed E-state index contributed by atoms with van der Waals surface area (Å²) in [5.74, 6) is -0.110. The highest BCUT2D eigenvalue weighted by molar-refractivity contribution is 5.73. The number of amides is 1. The summed E-state index contributed by atoms with van der Waals surface area (Å²) in [4.78, 5) is 11.4. The number of aliphatic hydroxyl groups is 1. The summed E-state index contributed by atoms with van der Waals surface area (Å²) in [5.41, 5.74) is 1.14. The van der Waals surface area contributed by atoms with Crippen molar-refractivity contribution >= 4 is 5.91 Å². The molecule has 16 heavy (non-hydrogen) atoms. The fraction of sp³-hybridized carbons (Fsp3) is 0.417. The summed E-state index contributed by atoms with van der Waals surface area (Å²) in [6.07, 6.45) is -0.0481. The van der Waals surface area contributed by atoms with Gasteiger partial charge in [-0.15, -0.1) is 0 Å². The average molecular weight is 220 g/mol. The molecule has 1 fully saturated rings. The lowest BCUT2D eigenvalue weighted by Gasteiger charge is -2.28. The summed E-state index contributed by atoms with van der Waals surface area (Å²) in [5, 5.41) is 13.0. The lowest BCUT2D eigenvalue weighted by molar-refractivity contribution is -0.158. The molecule has 0 saturated carbocycles. The topological polar surface area (TPSA) is 43.8 Å². The molecule has 2 rings (SSSR count). The van der Waals surface area contributed by atoms with Gasteiger partial charge in [0.1, 0.15) is 6.23 Å². The number of aliphatic hydroxyl groups excluding tert-OH is 1. The van der Waals surface area contributed by atoms with Crippen molar-refractivity contribution in [1.82, 2.24) is 10.0 Å². The standard InChI is InChI=1S/C12H16N2O2/c1-10(15)14-12(16)7-8-13(14)9-11-5-3-2-4-6-11/h2-6,12,16H,7-9H2,1H3/t12-/m1/s1. The maximum absolute atomic E-state index is 11.4. The molecule has 4 nitrogen and oxygen atoms in total. The molecular weight excluding hydrogens is 204 g/mol. The van der Waals surface area contributed by atoms with Crippen LogP contribution in [0.4, 0.5) is 0 Å². The number of carbonyl (C=O) groups is 1. The van der Waals surface area contributed by atoms with Gasteiger partial charge in [0.2, 0.25) is 5.91 Å². The van der Waals surface area contributed by atoms with Crippen molar-refractivity contribution in [3.8, 4) is 0 Å². The van der Waals surface area contributed by atoms with Crippen LogP contribution >= 0.6 is 0 Å². The molecule has 1 N–H and O–H groups in total. The molecule has 0 aromatic heterocycles. The molecule has 1 aliphatic rings. The smallest absolute Gasteiger partial charge is 0.236 e. The van der Waals surface area contributed by atoms with Crippen LogP contribution in [0.25, 0.3) is 0 Å². The molecule has 0 radical (unpaired) electrons. The molecule has 1 aromatic carbocycles. The van der Waals surface area contributed by atoms with E-state index in [-0.39, 0.29) is 5.91 Å². The van der Waals surface area contributed by atoms with Gasteiger partial charge in [0.05, 0.1) is 0 Å². The number of hydrazine groups is 1. The minimum atomic E-state index is -0.666. The highest BCUT2D eigenvalue weighted by atomic mass is 16.3. The van der Waals surface area contributed by atoms with Gasteiger partial charge in [0, 0.05) is 26.4 Å². The number of nitrogens with zero attached hydrogens (tertiary/aromatic N) is 2. The third-order valence-electron chi connectivity index (χ3n) is 2.76. The number of carbonyl (C=O) groups excluding carboxylic acids is 1. The van der Waals surface area contributed by atoms with E-state index in [1.54, 1.807) is 0 Å². The van der Waals surface area contributed by atoms with Gasteiger partial charge >= 0.3 is 0 Å². The highest BCUT2D eigenvalue weighted by Crippen LogP contribution is 2.19. The zero-order valence-corrected chi connectivity index (χ0v) is 9.34. The molecule has 1 aromatic rings. The lowest BCUT2D eigenvalue weighted by atomic mass is 10.2. The Morgan fingerprint density at radius 1 is 1.44 bits per heavy atom. The Morgan fingerprint density at radius 2 is 2.12 bits per heavy atom. The van der Waals surface area contributed by atoms with E-state index in [1.165, 1.54) is 11.9 Å². The number of rotatable bonds is 2. The van der Waals surface area contributed by atoms with E-state index < -0.39 is 6.23 Å². The molecule has 1 saturated heterocycles. The van der Waals surface area contributed by atoms with E-state index in [9.17, 15) is 9.90 Å². The molecule has 1 atom stereocenters. The molecule has 86 valence electrons. The predicted molar refractivity (Wildman–Crippen MR) is 60.0 cm³/mol. The first kappa shape index (κ1) is 11.1. The first-order valence-electron chi connectivity index (χ1n) is 5.45. The fourth-order valence-corrected chi connectivity index (χ4v) is 2.04. The zero-order valence-electron chi connectivity index (χ0n) is 9.34. The first-order chi connectivity index (χ1) is 7.68. The maximum atomic E-state index is 11.4. The third kappa shape index (κ3) is 2.23. The Morgan fingerprint density at radius 3 is 2.75 bits per heavy atom. The van der Waals surface area contributed by atoms with Gasteiger partial charge in [-0.3, -0.25) is 4.79 Å². The highest BCUT2D eigenvalue weighted by Gasteiger charge is 2.31. The van der Waals surface area contributed by atoms with E-state index in [1.807, 2.05) is 35.3 Å². The Labute approximate surface area is 95.1 Å². The monoisotopic (exact) mass is 220 g/mol. The van der Waals surface area contributed by atoms with Crippen molar-refractivity contribution in [3.63, 3.8) is 0 Å². The van der Waals surface area contributed by atoms with Crippen LogP contribution in [0.5, 0.6) is 0 Å². The Balaban J connectivity index is 2.07. The SMILES string of the molecule is CC(=O)N1[C@H](O)CCN1Cc1ccccc1. The van der Waals surface area contributed by atoms with Crippen LogP contribution in [-0.4, -0.2) is 33.8 Å². The van der Waals surface area contributed by atoms with Crippen molar-refractivity contribution < 1.29 is 9.90 Å². The maximum Gasteiger partial charge on any atom is 0.236 e. The number of hydrogen-bond acceptors (Lipinski definition) is 3. The quantitative estimate of drug-likeness (QED) is 0.807. The minimum absolute atomic E-state index is 0.110. The van der Waals surface area contributed by atoms with Crippen LogP contribution in [-0.2, 0) is 11.3 Å². The number of benzene rings is 1. The molecule has 0 aliphatic carbocycles. The summed E-state index contributed by atoms with van der Waals surface area (Å²) >= 11 is 0. The van der Waals surface area contributed by atoms with Crippen LogP contribution < -0.4 is 0 Å². The first-order valence-corrected chi connectivity index (χ1v) is 5.45. The number of hydrogen-bond donors (Lipinski definition) is 1. The Kier molecular flexibility index (Phi) is 3.22. The van der Waals surface area contributed by atoms with Gasteiger partial charge in [0.25, 0.3) is 0 Å². The van der Waals surface area contributed by atoms with Crippen molar-refractivity contribution in [1.29, 1.82) is 0 Å². The van der Waals surface area contributed by atoms with E-state index >= 15 is 0 Å². The van der Waals surface area contributed by atoms with Crippen molar-refractivity contribution in [2.75, 3.05) is 6.54 Å². The van der Waals surface area contributed by atoms with Gasteiger partial charge in [-0.2, -0.15) is 0 Å². The van der Waals surface area contributed by atoms with Gasteiger partial charge in [0.15, 0.2) is 0 Å². The second-order valence-electron chi connectivity index (χ2n) is 4.01. The van der Waals surface area contributed by atoms with Crippen molar-refractivity contribution in [2.45, 2.75) is 26.1 Å². The van der Waals surface area contributed by atoms with Crippen LogP contribution in [0.3, 0.4) is 0 Å². The lowest BCUT2D eigenvalue weighted by Crippen LogP contribution is -2.43. The molecule has 1 heterocycles. The molecule has 0 unspecified atom stereocenters. The fourth-order valence-electron chi connectivity index (χ4n) is 2.04. The second kappa shape index (κ2) is 4.63. The van der Waals surface area contributed by atoms with E-state index in [4.69, 9.17) is 0 Å². The molecule has 1 amide bonds. The van der Waals surface area contributed by atoms with E-state index in [0.717, 1.165) is 12.1 Å². The predicted octanol–water partition coefficient (Wildman–Crippen LogP) is 0.974. The van der Waals surface area contributed by atoms with Crippen LogP contribution in [0.15, 0.2) is 30.3 Å². The second-order valence-corrected chi connectivity index (χ2v) is 4.01. The minimum Gasteiger partial charge on any atom is -0.372 e. The van der Waals surface area contributed by atoms with Crippen LogP contribution in [0.2, 0.25) is 0 Å².